The Morgan fingerprint density at radius 1 is 1.27 bits per heavy atom. The third kappa shape index (κ3) is 6.05. The molecule has 1 amide bonds. The fourth-order valence-electron chi connectivity index (χ4n) is 3.98. The first kappa shape index (κ1) is 22.8. The van der Waals surface area contributed by atoms with Crippen LogP contribution in [0.4, 0.5) is 5.69 Å². The Kier molecular flexibility index (Phi) is 8.28. The van der Waals surface area contributed by atoms with E-state index in [1.807, 2.05) is 48.2 Å². The molecule has 1 N–H and O–H groups in total. The van der Waals surface area contributed by atoms with Crippen LogP contribution in [0.3, 0.4) is 0 Å². The molecule has 0 radical (unpaired) electrons. The lowest BCUT2D eigenvalue weighted by molar-refractivity contribution is -0.121. The number of anilines is 1. The van der Waals surface area contributed by atoms with Crippen LogP contribution in [-0.4, -0.2) is 62.8 Å². The monoisotopic (exact) mass is 429 g/mol. The van der Waals surface area contributed by atoms with Gasteiger partial charge >= 0.3 is 0 Å². The van der Waals surface area contributed by atoms with Crippen molar-refractivity contribution in [3.8, 4) is 0 Å². The smallest absolute Gasteiger partial charge is 0.241 e. The van der Waals surface area contributed by atoms with Crippen LogP contribution in [0.5, 0.6) is 0 Å². The molecule has 3 rings (SSSR count). The van der Waals surface area contributed by atoms with Crippen LogP contribution in [-0.2, 0) is 16.0 Å². The summed E-state index contributed by atoms with van der Waals surface area (Å²) in [7, 11) is 1.71. The topological polar surface area (TPSA) is 44.8 Å². The number of hydrogen-bond donors (Lipinski definition) is 1. The summed E-state index contributed by atoms with van der Waals surface area (Å²) in [6.45, 7) is 7.39. The quantitative estimate of drug-likeness (QED) is 0.697. The van der Waals surface area contributed by atoms with Crippen LogP contribution in [0, 0.1) is 6.92 Å². The second-order valence-electron chi connectivity index (χ2n) is 8.06. The molecule has 0 aromatic heterocycles. The number of piperazine rings is 1. The Balaban J connectivity index is 1.81. The summed E-state index contributed by atoms with van der Waals surface area (Å²) in [6.07, 6.45) is 0.790. The van der Waals surface area contributed by atoms with Crippen molar-refractivity contribution in [2.24, 2.45) is 0 Å². The standard InChI is InChI=1S/C24H32ClN3O2/c1-18-9-10-21(25)13-23(18)28(12-11-20-7-5-4-6-8-20)24(29)16-27-15-19(2)26-14-22(27)17-30-3/h4-10,13,19,22,26H,11-12,14-17H2,1-3H3/t19-,22-/m1/s1. The minimum Gasteiger partial charge on any atom is -0.383 e. The average molecular weight is 430 g/mol. The maximum Gasteiger partial charge on any atom is 0.241 e. The molecule has 0 saturated carbocycles. The molecule has 0 bridgehead atoms. The summed E-state index contributed by atoms with van der Waals surface area (Å²) in [5, 5.41) is 4.12. The van der Waals surface area contributed by atoms with Crippen LogP contribution in [0.15, 0.2) is 48.5 Å². The van der Waals surface area contributed by atoms with Crippen molar-refractivity contribution in [3.05, 3.63) is 64.7 Å². The molecule has 6 heteroatoms. The van der Waals surface area contributed by atoms with Crippen molar-refractivity contribution in [2.75, 3.05) is 44.8 Å². The van der Waals surface area contributed by atoms with E-state index in [9.17, 15) is 4.79 Å². The van der Waals surface area contributed by atoms with Gasteiger partial charge in [0.25, 0.3) is 0 Å². The first-order chi connectivity index (χ1) is 14.5. The van der Waals surface area contributed by atoms with Crippen molar-refractivity contribution < 1.29 is 9.53 Å². The molecule has 1 aliphatic heterocycles. The van der Waals surface area contributed by atoms with Gasteiger partial charge in [-0.2, -0.15) is 0 Å². The van der Waals surface area contributed by atoms with E-state index in [2.05, 4.69) is 29.3 Å². The van der Waals surface area contributed by atoms with Gasteiger partial charge in [0.2, 0.25) is 5.91 Å². The zero-order chi connectivity index (χ0) is 21.5. The molecule has 0 spiro atoms. The average Bonchev–Trinajstić information content (AvgIpc) is 2.73. The van der Waals surface area contributed by atoms with Gasteiger partial charge in [0.15, 0.2) is 0 Å². The van der Waals surface area contributed by atoms with E-state index in [4.69, 9.17) is 16.3 Å². The fourth-order valence-corrected chi connectivity index (χ4v) is 4.15. The Morgan fingerprint density at radius 3 is 2.77 bits per heavy atom. The van der Waals surface area contributed by atoms with Gasteiger partial charge in [-0.3, -0.25) is 9.69 Å². The fraction of sp³-hybridized carbons (Fsp3) is 0.458. The molecule has 1 saturated heterocycles. The second kappa shape index (κ2) is 10.9. The summed E-state index contributed by atoms with van der Waals surface area (Å²) in [5.74, 6) is 0.0894. The zero-order valence-electron chi connectivity index (χ0n) is 18.1. The van der Waals surface area contributed by atoms with Crippen molar-refractivity contribution in [1.29, 1.82) is 0 Å². The number of nitrogens with zero attached hydrogens (tertiary/aromatic N) is 2. The summed E-state index contributed by atoms with van der Waals surface area (Å²) in [6, 6.07) is 16.5. The molecule has 1 heterocycles. The van der Waals surface area contributed by atoms with E-state index >= 15 is 0 Å². The van der Waals surface area contributed by atoms with Gasteiger partial charge in [-0.15, -0.1) is 0 Å². The lowest BCUT2D eigenvalue weighted by Gasteiger charge is -2.39. The molecule has 1 fully saturated rings. The van der Waals surface area contributed by atoms with Crippen LogP contribution in [0.2, 0.25) is 5.02 Å². The number of benzene rings is 2. The van der Waals surface area contributed by atoms with Crippen molar-refractivity contribution in [3.63, 3.8) is 0 Å². The lowest BCUT2D eigenvalue weighted by Crippen LogP contribution is -2.59. The van der Waals surface area contributed by atoms with Crippen LogP contribution < -0.4 is 10.2 Å². The molecule has 5 nitrogen and oxygen atoms in total. The normalized spacial score (nSPS) is 19.6. The molecule has 2 aromatic carbocycles. The number of aryl methyl sites for hydroxylation is 1. The van der Waals surface area contributed by atoms with Crippen LogP contribution in [0.25, 0.3) is 0 Å². The van der Waals surface area contributed by atoms with Crippen molar-refractivity contribution >= 4 is 23.2 Å². The van der Waals surface area contributed by atoms with Crippen molar-refractivity contribution in [1.82, 2.24) is 10.2 Å². The Morgan fingerprint density at radius 2 is 2.03 bits per heavy atom. The first-order valence-electron chi connectivity index (χ1n) is 10.5. The van der Waals surface area contributed by atoms with Gasteiger partial charge < -0.3 is 15.0 Å². The first-order valence-corrected chi connectivity index (χ1v) is 10.9. The predicted octanol–water partition coefficient (Wildman–Crippen LogP) is 3.53. The molecule has 2 atom stereocenters. The van der Waals surface area contributed by atoms with Crippen LogP contribution in [0.1, 0.15) is 18.1 Å². The molecule has 1 aliphatic rings. The van der Waals surface area contributed by atoms with E-state index in [1.165, 1.54) is 5.56 Å². The highest BCUT2D eigenvalue weighted by molar-refractivity contribution is 6.31. The number of nitrogens with one attached hydrogen (secondary N) is 1. The molecular weight excluding hydrogens is 398 g/mol. The van der Waals surface area contributed by atoms with Gasteiger partial charge in [-0.05, 0) is 43.5 Å². The minimum atomic E-state index is 0.0894. The second-order valence-corrected chi connectivity index (χ2v) is 8.50. The SMILES string of the molecule is COC[C@H]1CN[C@H](C)CN1CC(=O)N(CCc1ccccc1)c1cc(Cl)ccc1C. The van der Waals surface area contributed by atoms with Gasteiger partial charge in [0.05, 0.1) is 13.2 Å². The third-order valence-electron chi connectivity index (χ3n) is 5.65. The van der Waals surface area contributed by atoms with Crippen LogP contribution >= 0.6 is 11.6 Å². The maximum atomic E-state index is 13.5. The van der Waals surface area contributed by atoms with Crippen molar-refractivity contribution in [2.45, 2.75) is 32.4 Å². The summed E-state index contributed by atoms with van der Waals surface area (Å²) < 4.78 is 5.39. The number of methoxy groups -OCH3 is 1. The highest BCUT2D eigenvalue weighted by Crippen LogP contribution is 2.25. The van der Waals surface area contributed by atoms with E-state index in [1.54, 1.807) is 7.11 Å². The zero-order valence-corrected chi connectivity index (χ0v) is 18.9. The molecule has 2 aromatic rings. The lowest BCUT2D eigenvalue weighted by atomic mass is 10.1. The minimum absolute atomic E-state index is 0.0894. The van der Waals surface area contributed by atoms with Gasteiger partial charge in [0, 0.05) is 49.5 Å². The van der Waals surface area contributed by atoms with E-state index < -0.39 is 0 Å². The third-order valence-corrected chi connectivity index (χ3v) is 5.89. The highest BCUT2D eigenvalue weighted by Gasteiger charge is 2.29. The van der Waals surface area contributed by atoms with E-state index in [-0.39, 0.29) is 11.9 Å². The number of carbonyl (C=O) groups excluding carboxylic acids is 1. The summed E-state index contributed by atoms with van der Waals surface area (Å²) >= 11 is 6.28. The molecular formula is C24H32ClN3O2. The molecule has 162 valence electrons. The van der Waals surface area contributed by atoms with Gasteiger partial charge in [-0.1, -0.05) is 48.0 Å². The Bertz CT molecular complexity index is 830. The Hall–Kier alpha value is -1.92. The van der Waals surface area contributed by atoms with E-state index in [0.717, 1.165) is 30.8 Å². The van der Waals surface area contributed by atoms with E-state index in [0.29, 0.717) is 30.8 Å². The number of amides is 1. The largest absolute Gasteiger partial charge is 0.383 e. The van der Waals surface area contributed by atoms with Gasteiger partial charge in [-0.25, -0.2) is 0 Å². The van der Waals surface area contributed by atoms with Gasteiger partial charge in [0.1, 0.15) is 0 Å². The maximum absolute atomic E-state index is 13.5. The highest BCUT2D eigenvalue weighted by atomic mass is 35.5. The summed E-state index contributed by atoms with van der Waals surface area (Å²) in [5.41, 5.74) is 3.14. The number of ether oxygens (including phenoxy) is 1. The molecule has 30 heavy (non-hydrogen) atoms. The number of carbonyl (C=O) groups is 1. The number of hydrogen-bond acceptors (Lipinski definition) is 4. The summed E-state index contributed by atoms with van der Waals surface area (Å²) in [4.78, 5) is 17.7. The predicted molar refractivity (Wildman–Crippen MR) is 123 cm³/mol. The number of halogens is 1. The Labute approximate surface area is 185 Å². The molecule has 0 unspecified atom stereocenters. The number of rotatable bonds is 8. The molecule has 0 aliphatic carbocycles.